The van der Waals surface area contributed by atoms with Crippen molar-refractivity contribution in [3.63, 3.8) is 0 Å². The highest BCUT2D eigenvalue weighted by molar-refractivity contribution is 6.02. The van der Waals surface area contributed by atoms with Gasteiger partial charge in [-0.15, -0.1) is 0 Å². The van der Waals surface area contributed by atoms with Gasteiger partial charge in [-0.05, 0) is 30.5 Å². The molecular weight excluding hydrogens is 437 g/mol. The lowest BCUT2D eigenvalue weighted by atomic mass is 10.1. The first kappa shape index (κ1) is 23.2. The van der Waals surface area contributed by atoms with Gasteiger partial charge in [-0.25, -0.2) is 4.79 Å². The molecule has 1 N–H and O–H groups in total. The number of nitrogens with zero attached hydrogens (tertiary/aromatic N) is 3. The molecule has 0 unspecified atom stereocenters. The summed E-state index contributed by atoms with van der Waals surface area (Å²) in [6.07, 6.45) is -2.65. The Morgan fingerprint density at radius 3 is 2.48 bits per heavy atom. The summed E-state index contributed by atoms with van der Waals surface area (Å²) in [5, 5.41) is 3.51. The van der Waals surface area contributed by atoms with E-state index < -0.39 is 24.7 Å². The van der Waals surface area contributed by atoms with Gasteiger partial charge >= 0.3 is 12.2 Å². The summed E-state index contributed by atoms with van der Waals surface area (Å²) in [4.78, 5) is 30.1. The van der Waals surface area contributed by atoms with Crippen molar-refractivity contribution in [3.05, 3.63) is 53.7 Å². The van der Waals surface area contributed by atoms with E-state index in [0.29, 0.717) is 18.2 Å². The number of amides is 3. The number of rotatable bonds is 7. The van der Waals surface area contributed by atoms with E-state index in [-0.39, 0.29) is 18.0 Å². The van der Waals surface area contributed by atoms with Crippen LogP contribution in [0.3, 0.4) is 0 Å². The predicted octanol–water partition coefficient (Wildman–Crippen LogP) is 3.34. The zero-order chi connectivity index (χ0) is 23.4. The van der Waals surface area contributed by atoms with Gasteiger partial charge in [-0.1, -0.05) is 30.3 Å². The van der Waals surface area contributed by atoms with E-state index >= 15 is 0 Å². The lowest BCUT2D eigenvalue weighted by Gasteiger charge is -2.23. The number of carbonyl (C=O) groups excluding carboxylic acids is 2. The largest absolute Gasteiger partial charge is 0.406 e. The maximum absolute atomic E-state index is 12.6. The van der Waals surface area contributed by atoms with E-state index in [2.05, 4.69) is 5.32 Å². The summed E-state index contributed by atoms with van der Waals surface area (Å²) in [5.74, 6) is -0.843. The van der Waals surface area contributed by atoms with Gasteiger partial charge in [0.15, 0.2) is 0 Å². The average molecular weight is 462 g/mol. The first-order valence-corrected chi connectivity index (χ1v) is 10.8. The minimum atomic E-state index is -4.62. The van der Waals surface area contributed by atoms with Crippen LogP contribution < -0.4 is 5.32 Å². The molecule has 2 aromatic rings. The van der Waals surface area contributed by atoms with Crippen LogP contribution in [0.4, 0.5) is 18.0 Å². The number of urea groups is 1. The van der Waals surface area contributed by atoms with Crippen molar-refractivity contribution in [1.82, 2.24) is 20.1 Å². The number of carbonyl (C=O) groups is 2. The van der Waals surface area contributed by atoms with Crippen molar-refractivity contribution in [1.29, 1.82) is 0 Å². The Bertz CT molecular complexity index is 991. The number of nitrogens with one attached hydrogen (secondary N) is 1. The van der Waals surface area contributed by atoms with Gasteiger partial charge in [0.2, 0.25) is 0 Å². The first-order chi connectivity index (χ1) is 15.8. The van der Waals surface area contributed by atoms with Crippen LogP contribution >= 0.6 is 0 Å². The third-order valence-electron chi connectivity index (χ3n) is 5.69. The number of hydrogen-bond donors (Lipinski definition) is 1. The lowest BCUT2D eigenvalue weighted by Crippen LogP contribution is -2.39. The van der Waals surface area contributed by atoms with Crippen molar-refractivity contribution in [2.75, 3.05) is 26.3 Å². The van der Waals surface area contributed by atoms with Crippen LogP contribution in [0.5, 0.6) is 0 Å². The first-order valence-electron chi connectivity index (χ1n) is 10.8. The number of imide groups is 1. The third-order valence-corrected chi connectivity index (χ3v) is 5.69. The molecule has 0 bridgehead atoms. The van der Waals surface area contributed by atoms with Crippen molar-refractivity contribution >= 4 is 11.9 Å². The summed E-state index contributed by atoms with van der Waals surface area (Å²) >= 11 is 0. The molecule has 1 aromatic heterocycles. The molecule has 33 heavy (non-hydrogen) atoms. The summed E-state index contributed by atoms with van der Waals surface area (Å²) in [6.45, 7) is 0.341. The molecule has 0 atom stereocenters. The van der Waals surface area contributed by atoms with Crippen LogP contribution in [0, 0.1) is 0 Å². The van der Waals surface area contributed by atoms with Crippen molar-refractivity contribution < 1.29 is 27.5 Å². The summed E-state index contributed by atoms with van der Waals surface area (Å²) in [7, 11) is 0. The highest BCUT2D eigenvalue weighted by Crippen LogP contribution is 2.23. The van der Waals surface area contributed by atoms with Crippen LogP contribution in [0.15, 0.2) is 42.5 Å². The quantitative estimate of drug-likeness (QED) is 0.639. The maximum atomic E-state index is 12.6. The second-order valence-electron chi connectivity index (χ2n) is 8.21. The minimum absolute atomic E-state index is 0.0572. The summed E-state index contributed by atoms with van der Waals surface area (Å²) in [6, 6.07) is 12.6. The van der Waals surface area contributed by atoms with Crippen LogP contribution in [-0.4, -0.2) is 65.2 Å². The molecule has 3 heterocycles. The van der Waals surface area contributed by atoms with E-state index in [1.54, 1.807) is 12.1 Å². The Balaban J connectivity index is 1.36. The van der Waals surface area contributed by atoms with Crippen LogP contribution in [-0.2, 0) is 22.6 Å². The molecule has 2 saturated heterocycles. The Labute approximate surface area is 189 Å². The SMILES string of the molecule is O=C1CN(Cc2ccc(-c3cccc(CNC4CCOCC4)n3)cc2)C(=O)N1CC(F)(F)F. The monoisotopic (exact) mass is 462 g/mol. The minimum Gasteiger partial charge on any atom is -0.381 e. The Morgan fingerprint density at radius 2 is 1.79 bits per heavy atom. The van der Waals surface area contributed by atoms with E-state index in [4.69, 9.17) is 9.72 Å². The zero-order valence-electron chi connectivity index (χ0n) is 18.0. The number of aromatic nitrogens is 1. The van der Waals surface area contributed by atoms with Gasteiger partial charge in [0.25, 0.3) is 5.91 Å². The van der Waals surface area contributed by atoms with Gasteiger partial charge in [0.1, 0.15) is 13.1 Å². The second kappa shape index (κ2) is 9.88. The number of ether oxygens (including phenoxy) is 1. The number of pyridine rings is 1. The Hall–Kier alpha value is -2.98. The molecule has 2 fully saturated rings. The summed E-state index contributed by atoms with van der Waals surface area (Å²) < 4.78 is 43.2. The summed E-state index contributed by atoms with van der Waals surface area (Å²) in [5.41, 5.74) is 3.32. The van der Waals surface area contributed by atoms with E-state index in [9.17, 15) is 22.8 Å². The highest BCUT2D eigenvalue weighted by Gasteiger charge is 2.42. The van der Waals surface area contributed by atoms with Crippen molar-refractivity contribution in [2.24, 2.45) is 0 Å². The van der Waals surface area contributed by atoms with Gasteiger partial charge < -0.3 is 15.0 Å². The smallest absolute Gasteiger partial charge is 0.381 e. The third kappa shape index (κ3) is 6.08. The molecule has 2 aliphatic rings. The van der Waals surface area contributed by atoms with Gasteiger partial charge in [0, 0.05) is 37.9 Å². The average Bonchev–Trinajstić information content (AvgIpc) is 3.05. The van der Waals surface area contributed by atoms with E-state index in [0.717, 1.165) is 47.9 Å². The number of benzene rings is 1. The van der Waals surface area contributed by atoms with Crippen LogP contribution in [0.25, 0.3) is 11.3 Å². The van der Waals surface area contributed by atoms with E-state index in [1.807, 2.05) is 30.3 Å². The molecule has 3 amide bonds. The second-order valence-corrected chi connectivity index (χ2v) is 8.21. The Morgan fingerprint density at radius 1 is 1.06 bits per heavy atom. The number of hydrogen-bond acceptors (Lipinski definition) is 5. The molecule has 0 radical (unpaired) electrons. The van der Waals surface area contributed by atoms with Gasteiger partial charge in [0.05, 0.1) is 11.4 Å². The lowest BCUT2D eigenvalue weighted by molar-refractivity contribution is -0.151. The molecule has 1 aromatic carbocycles. The molecule has 0 saturated carbocycles. The molecular formula is C23H25F3N4O3. The van der Waals surface area contributed by atoms with E-state index in [1.165, 1.54) is 0 Å². The zero-order valence-corrected chi connectivity index (χ0v) is 18.0. The molecule has 176 valence electrons. The molecule has 2 aliphatic heterocycles. The topological polar surface area (TPSA) is 74.8 Å². The van der Waals surface area contributed by atoms with Crippen LogP contribution in [0.2, 0.25) is 0 Å². The molecule has 10 heteroatoms. The fraction of sp³-hybridized carbons (Fsp3) is 0.435. The molecule has 4 rings (SSSR count). The van der Waals surface area contributed by atoms with Crippen LogP contribution in [0.1, 0.15) is 24.1 Å². The Kier molecular flexibility index (Phi) is 6.94. The number of alkyl halides is 3. The van der Waals surface area contributed by atoms with Crippen molar-refractivity contribution in [2.45, 2.75) is 38.1 Å². The van der Waals surface area contributed by atoms with Gasteiger partial charge in [-0.3, -0.25) is 14.7 Å². The number of halogens is 3. The molecule has 7 nitrogen and oxygen atoms in total. The van der Waals surface area contributed by atoms with Crippen molar-refractivity contribution in [3.8, 4) is 11.3 Å². The molecule has 0 spiro atoms. The molecule has 0 aliphatic carbocycles. The standard InChI is InChI=1S/C23H25F3N4O3/c24-23(25,26)15-30-21(31)14-29(22(30)32)13-16-4-6-17(7-5-16)20-3-1-2-19(28-20)12-27-18-8-10-33-11-9-18/h1-7,18,27H,8-15H2. The fourth-order valence-electron chi connectivity index (χ4n) is 3.94. The maximum Gasteiger partial charge on any atom is 0.406 e. The predicted molar refractivity (Wildman–Crippen MR) is 114 cm³/mol. The fourth-order valence-corrected chi connectivity index (χ4v) is 3.94. The normalized spacial score (nSPS) is 17.8. The van der Waals surface area contributed by atoms with Gasteiger partial charge in [-0.2, -0.15) is 13.2 Å². The highest BCUT2D eigenvalue weighted by atomic mass is 19.4.